The summed E-state index contributed by atoms with van der Waals surface area (Å²) in [4.78, 5) is 11.1. The molecule has 0 fully saturated rings. The van der Waals surface area contributed by atoms with E-state index in [-0.39, 0.29) is 5.97 Å². The number of hydrogen-bond donors (Lipinski definition) is 0. The number of hydrogen-bond acceptors (Lipinski definition) is 3. The van der Waals surface area contributed by atoms with Gasteiger partial charge in [0, 0.05) is 6.42 Å². The van der Waals surface area contributed by atoms with Crippen LogP contribution < -0.4 is 4.74 Å². The summed E-state index contributed by atoms with van der Waals surface area (Å²) in [6.45, 7) is 2.04. The van der Waals surface area contributed by atoms with Gasteiger partial charge in [0.2, 0.25) is 0 Å². The van der Waals surface area contributed by atoms with Gasteiger partial charge in [-0.3, -0.25) is 4.79 Å². The lowest BCUT2D eigenvalue weighted by atomic mass is 9.98. The minimum atomic E-state index is -0.152. The fourth-order valence-corrected chi connectivity index (χ4v) is 1.60. The summed E-state index contributed by atoms with van der Waals surface area (Å²) < 4.78 is 9.72. The Hall–Kier alpha value is -1.51. The van der Waals surface area contributed by atoms with Gasteiger partial charge in [-0.25, -0.2) is 0 Å². The van der Waals surface area contributed by atoms with Crippen molar-refractivity contribution >= 4 is 5.97 Å². The molecule has 1 aromatic carbocycles. The summed E-state index contributed by atoms with van der Waals surface area (Å²) >= 11 is 0. The van der Waals surface area contributed by atoms with Gasteiger partial charge in [0.05, 0.1) is 14.2 Å². The highest BCUT2D eigenvalue weighted by atomic mass is 16.5. The summed E-state index contributed by atoms with van der Waals surface area (Å²) in [7, 11) is 3.07. The molecular formula is C13H18O3. The molecule has 16 heavy (non-hydrogen) atoms. The van der Waals surface area contributed by atoms with Crippen molar-refractivity contribution in [3.8, 4) is 5.75 Å². The van der Waals surface area contributed by atoms with Crippen LogP contribution in [0.15, 0.2) is 24.3 Å². The van der Waals surface area contributed by atoms with E-state index in [0.29, 0.717) is 12.3 Å². The summed E-state index contributed by atoms with van der Waals surface area (Å²) in [5, 5.41) is 0. The van der Waals surface area contributed by atoms with Crippen molar-refractivity contribution in [1.29, 1.82) is 0 Å². The van der Waals surface area contributed by atoms with Gasteiger partial charge in [0.1, 0.15) is 5.75 Å². The lowest BCUT2D eigenvalue weighted by Gasteiger charge is -2.10. The summed E-state index contributed by atoms with van der Waals surface area (Å²) in [6.07, 6.45) is 1.33. The lowest BCUT2D eigenvalue weighted by molar-refractivity contribution is -0.141. The summed E-state index contributed by atoms with van der Waals surface area (Å²) in [5.41, 5.74) is 1.21. The van der Waals surface area contributed by atoms with E-state index in [1.54, 1.807) is 7.11 Å². The summed E-state index contributed by atoms with van der Waals surface area (Å²) in [6, 6.07) is 7.90. The number of rotatable bonds is 5. The first-order valence-corrected chi connectivity index (χ1v) is 5.35. The van der Waals surface area contributed by atoms with Crippen molar-refractivity contribution < 1.29 is 14.3 Å². The zero-order chi connectivity index (χ0) is 12.0. The molecule has 0 heterocycles. The van der Waals surface area contributed by atoms with Gasteiger partial charge in [-0.2, -0.15) is 0 Å². The molecule has 0 spiro atoms. The molecule has 0 aromatic heterocycles. The van der Waals surface area contributed by atoms with E-state index in [1.807, 2.05) is 31.2 Å². The second-order valence-corrected chi connectivity index (χ2v) is 3.94. The molecule has 0 amide bonds. The third kappa shape index (κ3) is 3.93. The Bertz CT molecular complexity index is 330. The maximum Gasteiger partial charge on any atom is 0.305 e. The molecule has 0 aliphatic heterocycles. The molecule has 1 aromatic rings. The molecule has 1 rings (SSSR count). The molecule has 0 aliphatic carbocycles. The fourth-order valence-electron chi connectivity index (χ4n) is 1.60. The van der Waals surface area contributed by atoms with Gasteiger partial charge >= 0.3 is 5.97 Å². The Morgan fingerprint density at radius 3 is 2.38 bits per heavy atom. The van der Waals surface area contributed by atoms with Gasteiger partial charge in [0.15, 0.2) is 0 Å². The average Bonchev–Trinajstić information content (AvgIpc) is 2.29. The third-order valence-corrected chi connectivity index (χ3v) is 2.49. The van der Waals surface area contributed by atoms with Gasteiger partial charge in [-0.15, -0.1) is 0 Å². The maximum absolute atomic E-state index is 11.1. The van der Waals surface area contributed by atoms with Crippen molar-refractivity contribution in [1.82, 2.24) is 0 Å². The minimum absolute atomic E-state index is 0.152. The van der Waals surface area contributed by atoms with Gasteiger partial charge < -0.3 is 9.47 Å². The monoisotopic (exact) mass is 222 g/mol. The molecule has 3 nitrogen and oxygen atoms in total. The molecule has 0 saturated heterocycles. The Balaban J connectivity index is 2.49. The molecule has 88 valence electrons. The van der Waals surface area contributed by atoms with Crippen LogP contribution in [0.1, 0.15) is 18.9 Å². The van der Waals surface area contributed by atoms with Crippen molar-refractivity contribution in [2.75, 3.05) is 14.2 Å². The van der Waals surface area contributed by atoms with Crippen LogP contribution in [-0.2, 0) is 16.0 Å². The molecule has 0 bridgehead atoms. The topological polar surface area (TPSA) is 35.5 Å². The Morgan fingerprint density at radius 1 is 1.25 bits per heavy atom. The molecule has 3 heteroatoms. The minimum Gasteiger partial charge on any atom is -0.497 e. The number of benzene rings is 1. The number of methoxy groups -OCH3 is 2. The number of carbonyl (C=O) groups is 1. The van der Waals surface area contributed by atoms with Crippen LogP contribution in [0.5, 0.6) is 5.75 Å². The standard InChI is InChI=1S/C13H18O3/c1-10(9-13(14)16-3)8-11-4-6-12(15-2)7-5-11/h4-7,10H,8-9H2,1-3H3/t10-/m0/s1. The van der Waals surface area contributed by atoms with Gasteiger partial charge in [-0.1, -0.05) is 19.1 Å². The SMILES string of the molecule is COC(=O)C[C@@H](C)Cc1ccc(OC)cc1. The molecule has 0 saturated carbocycles. The molecule has 0 unspecified atom stereocenters. The lowest BCUT2D eigenvalue weighted by Crippen LogP contribution is -2.09. The van der Waals surface area contributed by atoms with Crippen molar-refractivity contribution in [3.63, 3.8) is 0 Å². The predicted molar refractivity (Wildman–Crippen MR) is 62.5 cm³/mol. The van der Waals surface area contributed by atoms with Crippen molar-refractivity contribution in [2.24, 2.45) is 5.92 Å². The molecule has 0 aliphatic rings. The van der Waals surface area contributed by atoms with Crippen LogP contribution in [0.25, 0.3) is 0 Å². The van der Waals surface area contributed by atoms with Crippen LogP contribution >= 0.6 is 0 Å². The summed E-state index contributed by atoms with van der Waals surface area (Å²) in [5.74, 6) is 0.992. The van der Waals surface area contributed by atoms with E-state index < -0.39 is 0 Å². The predicted octanol–water partition coefficient (Wildman–Crippen LogP) is 2.44. The average molecular weight is 222 g/mol. The molecular weight excluding hydrogens is 204 g/mol. The zero-order valence-corrected chi connectivity index (χ0v) is 10.0. The van der Waals surface area contributed by atoms with E-state index in [0.717, 1.165) is 12.2 Å². The molecule has 1 atom stereocenters. The van der Waals surface area contributed by atoms with Crippen LogP contribution in [0.4, 0.5) is 0 Å². The third-order valence-electron chi connectivity index (χ3n) is 2.49. The van der Waals surface area contributed by atoms with Crippen LogP contribution in [0.2, 0.25) is 0 Å². The highest BCUT2D eigenvalue weighted by molar-refractivity contribution is 5.69. The first kappa shape index (κ1) is 12.6. The quantitative estimate of drug-likeness (QED) is 0.718. The normalized spacial score (nSPS) is 11.9. The number of ether oxygens (including phenoxy) is 2. The zero-order valence-electron chi connectivity index (χ0n) is 10.0. The Kier molecular flexibility index (Phi) is 4.83. The first-order chi connectivity index (χ1) is 7.65. The number of esters is 1. The van der Waals surface area contributed by atoms with E-state index >= 15 is 0 Å². The first-order valence-electron chi connectivity index (χ1n) is 5.35. The fraction of sp³-hybridized carbons (Fsp3) is 0.462. The van der Waals surface area contributed by atoms with Crippen LogP contribution in [0.3, 0.4) is 0 Å². The number of carbonyl (C=O) groups excluding carboxylic acids is 1. The maximum atomic E-state index is 11.1. The van der Waals surface area contributed by atoms with E-state index in [2.05, 4.69) is 4.74 Å². The smallest absolute Gasteiger partial charge is 0.305 e. The van der Waals surface area contributed by atoms with E-state index in [4.69, 9.17) is 4.74 Å². The Morgan fingerprint density at radius 2 is 1.88 bits per heavy atom. The second-order valence-electron chi connectivity index (χ2n) is 3.94. The van der Waals surface area contributed by atoms with Crippen molar-refractivity contribution in [2.45, 2.75) is 19.8 Å². The molecule has 0 N–H and O–H groups in total. The highest BCUT2D eigenvalue weighted by Gasteiger charge is 2.09. The van der Waals surface area contributed by atoms with Gasteiger partial charge in [0.25, 0.3) is 0 Å². The van der Waals surface area contributed by atoms with E-state index in [1.165, 1.54) is 12.7 Å². The largest absolute Gasteiger partial charge is 0.497 e. The molecule has 0 radical (unpaired) electrons. The van der Waals surface area contributed by atoms with E-state index in [9.17, 15) is 4.79 Å². The highest BCUT2D eigenvalue weighted by Crippen LogP contribution is 2.16. The second kappa shape index (κ2) is 6.16. The van der Waals surface area contributed by atoms with Crippen LogP contribution in [0, 0.1) is 5.92 Å². The van der Waals surface area contributed by atoms with Crippen LogP contribution in [-0.4, -0.2) is 20.2 Å². The Labute approximate surface area is 96.4 Å². The van der Waals surface area contributed by atoms with Crippen molar-refractivity contribution in [3.05, 3.63) is 29.8 Å². The van der Waals surface area contributed by atoms with Gasteiger partial charge in [-0.05, 0) is 30.0 Å².